The summed E-state index contributed by atoms with van der Waals surface area (Å²) in [4.78, 5) is 45.6. The first kappa shape index (κ1) is 53.6. The predicted octanol–water partition coefficient (Wildman–Crippen LogP) is 6.83. The number of hydrogen-bond donors (Lipinski definition) is 1. The van der Waals surface area contributed by atoms with Crippen LogP contribution in [0.25, 0.3) is 0 Å². The third-order valence-electron chi connectivity index (χ3n) is 9.06. The van der Waals surface area contributed by atoms with Crippen LogP contribution in [-0.4, -0.2) is 128 Å². The fourth-order valence-corrected chi connectivity index (χ4v) is 5.57. The van der Waals surface area contributed by atoms with E-state index in [1.54, 1.807) is 0 Å². The lowest BCUT2D eigenvalue weighted by atomic mass is 9.91. The maximum absolute atomic E-state index is 12.1. The van der Waals surface area contributed by atoms with Crippen molar-refractivity contribution in [3.8, 4) is 0 Å². The monoisotopic (exact) mass is 807 g/mol. The van der Waals surface area contributed by atoms with Crippen molar-refractivity contribution >= 4 is 23.9 Å². The summed E-state index contributed by atoms with van der Waals surface area (Å²) in [6.45, 7) is 16.6. The number of hydrogen-bond acceptors (Lipinski definition) is 13. The van der Waals surface area contributed by atoms with Gasteiger partial charge in [-0.05, 0) is 30.1 Å². The van der Waals surface area contributed by atoms with Gasteiger partial charge in [-0.3, -0.25) is 19.2 Å². The van der Waals surface area contributed by atoms with E-state index in [0.29, 0.717) is 78.6 Å². The lowest BCUT2D eigenvalue weighted by Crippen LogP contribution is -2.16. The highest BCUT2D eigenvalue weighted by Gasteiger charge is 2.12. The third kappa shape index (κ3) is 41.3. The van der Waals surface area contributed by atoms with Crippen molar-refractivity contribution in [2.45, 2.75) is 125 Å². The highest BCUT2D eigenvalue weighted by atomic mass is 16.6. The van der Waals surface area contributed by atoms with Gasteiger partial charge in [0.1, 0.15) is 13.2 Å². The molecule has 3 atom stereocenters. The zero-order valence-electron chi connectivity index (χ0n) is 35.6. The second kappa shape index (κ2) is 39.5. The van der Waals surface area contributed by atoms with Crippen LogP contribution in [0.2, 0.25) is 0 Å². The minimum absolute atomic E-state index is 0.00974. The van der Waals surface area contributed by atoms with Crippen LogP contribution in [0.3, 0.4) is 0 Å². The van der Waals surface area contributed by atoms with Crippen LogP contribution in [0.1, 0.15) is 125 Å². The van der Waals surface area contributed by atoms with Crippen molar-refractivity contribution in [1.29, 1.82) is 0 Å². The predicted molar refractivity (Wildman–Crippen MR) is 212 cm³/mol. The molecule has 1 N–H and O–H groups in total. The lowest BCUT2D eigenvalue weighted by Gasteiger charge is -2.16. The van der Waals surface area contributed by atoms with E-state index in [2.05, 4.69) is 34.6 Å². The van der Waals surface area contributed by atoms with Gasteiger partial charge in [-0.15, -0.1) is 0 Å². The Bertz CT molecular complexity index is 946. The molecule has 0 bridgehead atoms. The van der Waals surface area contributed by atoms with E-state index < -0.39 is 17.9 Å². The van der Waals surface area contributed by atoms with Crippen molar-refractivity contribution in [3.63, 3.8) is 0 Å². The van der Waals surface area contributed by atoms with Crippen LogP contribution < -0.4 is 0 Å². The standard InChI is InChI=1S/C42H78O14/c1-35(2)9-6-10-36(3)11-7-12-37(4)13-8-14-38(5)19-20-54-41(46)17-18-42(47)56-34-32-53-30-28-51-26-24-49-22-21-48-23-25-50-27-29-52-31-33-55-40(45)16-15-39(43)44/h35-38H,6-34H2,1-5H3,(H,43,44)/t36-,37-,38?/m1/s1. The van der Waals surface area contributed by atoms with Gasteiger partial charge in [-0.2, -0.15) is 0 Å². The van der Waals surface area contributed by atoms with Gasteiger partial charge in [0.15, 0.2) is 0 Å². The molecule has 0 aliphatic rings. The highest BCUT2D eigenvalue weighted by Crippen LogP contribution is 2.22. The molecule has 14 heteroatoms. The van der Waals surface area contributed by atoms with Crippen molar-refractivity contribution < 1.29 is 66.9 Å². The number of rotatable bonds is 42. The van der Waals surface area contributed by atoms with Crippen molar-refractivity contribution in [1.82, 2.24) is 0 Å². The molecule has 1 unspecified atom stereocenters. The SMILES string of the molecule is CC(C)CCC[C@@H](C)CCC[C@@H](C)CCCC(C)CCOC(=O)CCC(=O)OCCOCCOCCOCCOCCOCCOCCOC(=O)CCC(=O)O. The van der Waals surface area contributed by atoms with Crippen LogP contribution in [-0.2, 0) is 61.8 Å². The fourth-order valence-electron chi connectivity index (χ4n) is 5.57. The van der Waals surface area contributed by atoms with Crippen molar-refractivity contribution in [3.05, 3.63) is 0 Å². The second-order valence-electron chi connectivity index (χ2n) is 15.0. The molecular weight excluding hydrogens is 728 g/mol. The topological polar surface area (TPSA) is 172 Å². The summed E-state index contributed by atoms with van der Waals surface area (Å²) in [6, 6.07) is 0. The number of carbonyl (C=O) groups is 4. The van der Waals surface area contributed by atoms with Crippen molar-refractivity contribution in [2.24, 2.45) is 23.7 Å². The number of aliphatic carboxylic acids is 1. The zero-order chi connectivity index (χ0) is 41.5. The summed E-state index contributed by atoms with van der Waals surface area (Å²) >= 11 is 0. The van der Waals surface area contributed by atoms with Gasteiger partial charge in [0.05, 0.1) is 112 Å². The summed E-state index contributed by atoms with van der Waals surface area (Å²) in [5.74, 6) is 0.496. The van der Waals surface area contributed by atoms with Crippen LogP contribution in [0.5, 0.6) is 0 Å². The minimum Gasteiger partial charge on any atom is -0.481 e. The van der Waals surface area contributed by atoms with Gasteiger partial charge in [0, 0.05) is 0 Å². The normalized spacial score (nSPS) is 13.0. The Morgan fingerprint density at radius 3 is 0.946 bits per heavy atom. The lowest BCUT2D eigenvalue weighted by molar-refractivity contribution is -0.151. The van der Waals surface area contributed by atoms with E-state index in [9.17, 15) is 19.2 Å². The average molecular weight is 807 g/mol. The van der Waals surface area contributed by atoms with Gasteiger partial charge in [-0.25, -0.2) is 0 Å². The van der Waals surface area contributed by atoms with Crippen LogP contribution >= 0.6 is 0 Å². The van der Waals surface area contributed by atoms with Crippen LogP contribution in [0, 0.1) is 23.7 Å². The number of carbonyl (C=O) groups excluding carboxylic acids is 3. The van der Waals surface area contributed by atoms with E-state index in [4.69, 9.17) is 47.7 Å². The van der Waals surface area contributed by atoms with E-state index >= 15 is 0 Å². The highest BCUT2D eigenvalue weighted by molar-refractivity contribution is 5.77. The summed E-state index contributed by atoms with van der Waals surface area (Å²) in [5.41, 5.74) is 0. The quantitative estimate of drug-likeness (QED) is 0.0387. The van der Waals surface area contributed by atoms with Crippen LogP contribution in [0.4, 0.5) is 0 Å². The molecular formula is C42H78O14. The van der Waals surface area contributed by atoms with Gasteiger partial charge in [0.2, 0.25) is 0 Å². The molecule has 330 valence electrons. The molecule has 0 aromatic heterocycles. The molecule has 0 spiro atoms. The molecule has 0 aliphatic carbocycles. The maximum atomic E-state index is 12.1. The van der Waals surface area contributed by atoms with Crippen LogP contribution in [0.15, 0.2) is 0 Å². The third-order valence-corrected chi connectivity index (χ3v) is 9.06. The Balaban J connectivity index is 3.43. The van der Waals surface area contributed by atoms with E-state index in [-0.39, 0.29) is 58.1 Å². The number of carboxylic acids is 1. The van der Waals surface area contributed by atoms with E-state index in [1.165, 1.54) is 51.4 Å². The summed E-state index contributed by atoms with van der Waals surface area (Å²) in [5, 5.41) is 8.51. The summed E-state index contributed by atoms with van der Waals surface area (Å²) < 4.78 is 47.7. The van der Waals surface area contributed by atoms with Gasteiger partial charge in [-0.1, -0.05) is 92.4 Å². The number of ether oxygens (including phenoxy) is 9. The largest absolute Gasteiger partial charge is 0.481 e. The second-order valence-corrected chi connectivity index (χ2v) is 15.0. The molecule has 0 saturated carbocycles. The Morgan fingerprint density at radius 1 is 0.357 bits per heavy atom. The molecule has 0 aliphatic heterocycles. The molecule has 14 nitrogen and oxygen atoms in total. The van der Waals surface area contributed by atoms with E-state index in [1.807, 2.05) is 0 Å². The minimum atomic E-state index is -1.04. The first-order valence-corrected chi connectivity index (χ1v) is 21.1. The molecule has 0 amide bonds. The fraction of sp³-hybridized carbons (Fsp3) is 0.905. The maximum Gasteiger partial charge on any atom is 0.306 e. The van der Waals surface area contributed by atoms with Gasteiger partial charge >= 0.3 is 23.9 Å². The first-order chi connectivity index (χ1) is 27.0. The Kier molecular flexibility index (Phi) is 37.8. The van der Waals surface area contributed by atoms with E-state index in [0.717, 1.165) is 30.6 Å². The molecule has 0 aromatic rings. The molecule has 0 heterocycles. The average Bonchev–Trinajstić information content (AvgIpc) is 3.15. The number of esters is 3. The molecule has 0 aromatic carbocycles. The Morgan fingerprint density at radius 2 is 0.625 bits per heavy atom. The first-order valence-electron chi connectivity index (χ1n) is 21.1. The van der Waals surface area contributed by atoms with Crippen molar-refractivity contribution in [2.75, 3.05) is 99.1 Å². The summed E-state index contributed by atoms with van der Waals surface area (Å²) in [7, 11) is 0. The zero-order valence-corrected chi connectivity index (χ0v) is 35.6. The Hall–Kier alpha value is -2.36. The molecule has 56 heavy (non-hydrogen) atoms. The molecule has 0 saturated heterocycles. The summed E-state index contributed by atoms with van der Waals surface area (Å²) in [6.07, 6.45) is 12.1. The molecule has 0 fully saturated rings. The molecule has 0 rings (SSSR count). The van der Waals surface area contributed by atoms with Gasteiger partial charge in [0.25, 0.3) is 0 Å². The number of carboxylic acid groups (broad SMARTS) is 1. The smallest absolute Gasteiger partial charge is 0.306 e. The Labute approximate surface area is 337 Å². The molecule has 0 radical (unpaired) electrons. The van der Waals surface area contributed by atoms with Gasteiger partial charge < -0.3 is 47.7 Å².